The lowest BCUT2D eigenvalue weighted by atomic mass is 10.1. The summed E-state index contributed by atoms with van der Waals surface area (Å²) in [4.78, 5) is 16.1. The van der Waals surface area contributed by atoms with E-state index in [1.165, 1.54) is 0 Å². The minimum absolute atomic E-state index is 0.365. The molecule has 0 saturated carbocycles. The second kappa shape index (κ2) is 10.7. The van der Waals surface area contributed by atoms with Crippen LogP contribution >= 0.6 is 0 Å². The maximum atomic E-state index is 9.92. The number of hydrogen-bond donors (Lipinski definition) is 2. The Labute approximate surface area is 194 Å². The molecule has 2 aromatic heterocycles. The number of nitrogens with zero attached hydrogens (tertiary/aromatic N) is 4. The van der Waals surface area contributed by atoms with Crippen LogP contribution in [-0.2, 0) is 4.74 Å². The first-order chi connectivity index (χ1) is 16.0. The smallest absolute Gasteiger partial charge is 0.175 e. The number of pyridine rings is 1. The number of rotatable bonds is 8. The molecule has 0 radical (unpaired) electrons. The number of aliphatic hydroxyl groups is 1. The van der Waals surface area contributed by atoms with Gasteiger partial charge in [-0.3, -0.25) is 10.3 Å². The van der Waals surface area contributed by atoms with Gasteiger partial charge in [0, 0.05) is 55.9 Å². The van der Waals surface area contributed by atoms with Gasteiger partial charge < -0.3 is 19.5 Å². The van der Waals surface area contributed by atoms with E-state index in [9.17, 15) is 5.11 Å². The number of nitrogens with one attached hydrogen (secondary N) is 1. The van der Waals surface area contributed by atoms with Crippen molar-refractivity contribution in [3.63, 3.8) is 0 Å². The molecular formula is C25H31N5O3. The van der Waals surface area contributed by atoms with Crippen molar-refractivity contribution in [2.45, 2.75) is 38.1 Å². The predicted molar refractivity (Wildman–Crippen MR) is 128 cm³/mol. The van der Waals surface area contributed by atoms with E-state index >= 15 is 0 Å². The standard InChI is InChI=1S/C25H31N5O3/c1-17(31)25(26-2)33-21-6-4-5-19(15-21)22-16-23(30(3)20-9-13-32-14-10-20)29-24(28-22)18-7-11-27-12-8-18/h4-8,11-12,15-17,20,25-26,31H,9-10,13-14H2,1-3H3. The van der Waals surface area contributed by atoms with Crippen LogP contribution < -0.4 is 15.0 Å². The second-order valence-corrected chi connectivity index (χ2v) is 8.22. The van der Waals surface area contributed by atoms with Gasteiger partial charge in [0.15, 0.2) is 12.1 Å². The lowest BCUT2D eigenvalue weighted by Crippen LogP contribution is -2.40. The van der Waals surface area contributed by atoms with Gasteiger partial charge in [0.25, 0.3) is 0 Å². The minimum Gasteiger partial charge on any atom is -0.473 e. The first-order valence-corrected chi connectivity index (χ1v) is 11.3. The molecule has 3 heterocycles. The largest absolute Gasteiger partial charge is 0.473 e. The fraction of sp³-hybridized carbons (Fsp3) is 0.400. The molecule has 0 aliphatic carbocycles. The first kappa shape index (κ1) is 23.1. The Bertz CT molecular complexity index is 1040. The fourth-order valence-electron chi connectivity index (χ4n) is 3.93. The molecular weight excluding hydrogens is 418 g/mol. The second-order valence-electron chi connectivity index (χ2n) is 8.22. The zero-order valence-corrected chi connectivity index (χ0v) is 19.3. The maximum absolute atomic E-state index is 9.92. The molecule has 174 valence electrons. The first-order valence-electron chi connectivity index (χ1n) is 11.3. The van der Waals surface area contributed by atoms with Crippen LogP contribution in [0.25, 0.3) is 22.6 Å². The molecule has 8 heteroatoms. The topological polar surface area (TPSA) is 92.6 Å². The molecule has 1 saturated heterocycles. The average Bonchev–Trinajstić information content (AvgIpc) is 2.87. The van der Waals surface area contributed by atoms with Crippen LogP contribution in [0.4, 0.5) is 5.82 Å². The van der Waals surface area contributed by atoms with Crippen LogP contribution in [0.15, 0.2) is 54.9 Å². The highest BCUT2D eigenvalue weighted by atomic mass is 16.5. The van der Waals surface area contributed by atoms with Crippen LogP contribution in [0.5, 0.6) is 5.75 Å². The summed E-state index contributed by atoms with van der Waals surface area (Å²) >= 11 is 0. The van der Waals surface area contributed by atoms with E-state index < -0.39 is 12.3 Å². The Morgan fingerprint density at radius 2 is 1.85 bits per heavy atom. The molecule has 2 unspecified atom stereocenters. The summed E-state index contributed by atoms with van der Waals surface area (Å²) in [5.74, 6) is 2.16. The molecule has 0 bridgehead atoms. The lowest BCUT2D eigenvalue weighted by molar-refractivity contribution is 0.0321. The molecule has 0 spiro atoms. The summed E-state index contributed by atoms with van der Waals surface area (Å²) in [6.07, 6.45) is 4.26. The monoisotopic (exact) mass is 449 g/mol. The van der Waals surface area contributed by atoms with Crippen molar-refractivity contribution in [2.24, 2.45) is 0 Å². The number of aliphatic hydroxyl groups excluding tert-OH is 1. The van der Waals surface area contributed by atoms with Gasteiger partial charge in [0.2, 0.25) is 0 Å². The lowest BCUT2D eigenvalue weighted by Gasteiger charge is -2.32. The summed E-state index contributed by atoms with van der Waals surface area (Å²) in [5, 5.41) is 12.9. The Morgan fingerprint density at radius 3 is 2.55 bits per heavy atom. The van der Waals surface area contributed by atoms with Crippen molar-refractivity contribution in [2.75, 3.05) is 32.2 Å². The molecule has 1 aliphatic rings. The normalized spacial score (nSPS) is 16.2. The number of anilines is 1. The van der Waals surface area contributed by atoms with Crippen LogP contribution in [0.2, 0.25) is 0 Å². The van der Waals surface area contributed by atoms with E-state index in [-0.39, 0.29) is 0 Å². The number of ether oxygens (including phenoxy) is 2. The number of aromatic nitrogens is 3. The Balaban J connectivity index is 1.72. The fourth-order valence-corrected chi connectivity index (χ4v) is 3.93. The zero-order chi connectivity index (χ0) is 23.2. The molecule has 2 atom stereocenters. The molecule has 4 rings (SSSR count). The predicted octanol–water partition coefficient (Wildman–Crippen LogP) is 3.13. The Hall–Kier alpha value is -3.07. The number of hydrogen-bond acceptors (Lipinski definition) is 8. The molecule has 1 aliphatic heterocycles. The van der Waals surface area contributed by atoms with E-state index in [2.05, 4.69) is 22.2 Å². The summed E-state index contributed by atoms with van der Waals surface area (Å²) in [5.41, 5.74) is 2.62. The highest BCUT2D eigenvalue weighted by Crippen LogP contribution is 2.30. The van der Waals surface area contributed by atoms with Crippen molar-refractivity contribution < 1.29 is 14.6 Å². The third-order valence-corrected chi connectivity index (χ3v) is 5.87. The van der Waals surface area contributed by atoms with Gasteiger partial charge in [-0.05, 0) is 51.1 Å². The number of likely N-dealkylation sites (N-methyl/N-ethyl adjacent to an activating group) is 1. The third kappa shape index (κ3) is 5.65. The van der Waals surface area contributed by atoms with Gasteiger partial charge in [-0.15, -0.1) is 0 Å². The summed E-state index contributed by atoms with van der Waals surface area (Å²) in [6, 6.07) is 13.9. The molecule has 1 fully saturated rings. The Kier molecular flexibility index (Phi) is 7.49. The molecule has 1 aromatic carbocycles. The van der Waals surface area contributed by atoms with Crippen molar-refractivity contribution >= 4 is 5.82 Å². The van der Waals surface area contributed by atoms with Crippen LogP contribution in [0.3, 0.4) is 0 Å². The molecule has 8 nitrogen and oxygen atoms in total. The highest BCUT2D eigenvalue weighted by molar-refractivity contribution is 5.68. The van der Waals surface area contributed by atoms with Crippen molar-refractivity contribution in [1.82, 2.24) is 20.3 Å². The van der Waals surface area contributed by atoms with Gasteiger partial charge in [-0.25, -0.2) is 9.97 Å². The minimum atomic E-state index is -0.657. The summed E-state index contributed by atoms with van der Waals surface area (Å²) < 4.78 is 11.5. The summed E-state index contributed by atoms with van der Waals surface area (Å²) in [7, 11) is 3.84. The van der Waals surface area contributed by atoms with Crippen LogP contribution in [-0.4, -0.2) is 65.7 Å². The van der Waals surface area contributed by atoms with E-state index in [4.69, 9.17) is 19.4 Å². The van der Waals surface area contributed by atoms with Gasteiger partial charge in [-0.2, -0.15) is 0 Å². The Morgan fingerprint density at radius 1 is 1.09 bits per heavy atom. The van der Waals surface area contributed by atoms with Crippen LogP contribution in [0, 0.1) is 0 Å². The number of benzene rings is 1. The zero-order valence-electron chi connectivity index (χ0n) is 19.3. The van der Waals surface area contributed by atoms with Crippen LogP contribution in [0.1, 0.15) is 19.8 Å². The quantitative estimate of drug-likeness (QED) is 0.507. The van der Waals surface area contributed by atoms with Gasteiger partial charge >= 0.3 is 0 Å². The SMILES string of the molecule is CNC(Oc1cccc(-c2cc(N(C)C3CCOCC3)nc(-c3ccncc3)n2)c1)C(C)O. The molecule has 2 N–H and O–H groups in total. The van der Waals surface area contributed by atoms with Crippen molar-refractivity contribution in [3.05, 3.63) is 54.9 Å². The van der Waals surface area contributed by atoms with E-state index in [0.29, 0.717) is 17.6 Å². The van der Waals surface area contributed by atoms with Gasteiger partial charge in [-0.1, -0.05) is 12.1 Å². The highest BCUT2D eigenvalue weighted by Gasteiger charge is 2.22. The van der Waals surface area contributed by atoms with Crippen molar-refractivity contribution in [1.29, 1.82) is 0 Å². The molecule has 0 amide bonds. The van der Waals surface area contributed by atoms with E-state index in [1.54, 1.807) is 26.4 Å². The van der Waals surface area contributed by atoms with Gasteiger partial charge in [0.1, 0.15) is 17.7 Å². The molecule has 3 aromatic rings. The van der Waals surface area contributed by atoms with Gasteiger partial charge in [0.05, 0.1) is 5.69 Å². The maximum Gasteiger partial charge on any atom is 0.175 e. The van der Waals surface area contributed by atoms with E-state index in [0.717, 1.165) is 48.7 Å². The van der Waals surface area contributed by atoms with E-state index in [1.807, 2.05) is 42.5 Å². The summed E-state index contributed by atoms with van der Waals surface area (Å²) in [6.45, 7) is 3.22. The third-order valence-electron chi connectivity index (χ3n) is 5.87. The average molecular weight is 450 g/mol. The molecule has 33 heavy (non-hydrogen) atoms. The van der Waals surface area contributed by atoms with Crippen molar-refractivity contribution in [3.8, 4) is 28.4 Å².